The summed E-state index contributed by atoms with van der Waals surface area (Å²) in [6.45, 7) is 10.7. The Morgan fingerprint density at radius 1 is 1.33 bits per heavy atom. The van der Waals surface area contributed by atoms with E-state index in [-0.39, 0.29) is 0 Å². The maximum atomic E-state index is 4.54. The highest BCUT2D eigenvalue weighted by Gasteiger charge is 2.27. The van der Waals surface area contributed by atoms with Crippen LogP contribution in [0.25, 0.3) is 0 Å². The number of hydrogen-bond donors (Lipinski definition) is 1. The third-order valence-corrected chi connectivity index (χ3v) is 3.47. The SMILES string of the molecule is CCNCc1cnc(N2CCCC(C)(C)C2)cn1. The smallest absolute Gasteiger partial charge is 0.147 e. The number of anilines is 1. The first-order chi connectivity index (χ1) is 8.61. The Morgan fingerprint density at radius 2 is 2.17 bits per heavy atom. The monoisotopic (exact) mass is 248 g/mol. The van der Waals surface area contributed by atoms with Crippen LogP contribution in [-0.4, -0.2) is 29.6 Å². The summed E-state index contributed by atoms with van der Waals surface area (Å²) in [6, 6.07) is 0. The van der Waals surface area contributed by atoms with E-state index in [4.69, 9.17) is 0 Å². The highest BCUT2D eigenvalue weighted by Crippen LogP contribution is 2.30. The fourth-order valence-corrected chi connectivity index (χ4v) is 2.47. The molecule has 2 rings (SSSR count). The second-order valence-electron chi connectivity index (χ2n) is 5.84. The molecule has 0 spiro atoms. The lowest BCUT2D eigenvalue weighted by Gasteiger charge is -2.38. The normalized spacial score (nSPS) is 18.9. The zero-order chi connectivity index (χ0) is 13.0. The second-order valence-corrected chi connectivity index (χ2v) is 5.84. The van der Waals surface area contributed by atoms with E-state index in [1.807, 2.05) is 12.4 Å². The van der Waals surface area contributed by atoms with Crippen molar-refractivity contribution in [2.24, 2.45) is 5.41 Å². The van der Waals surface area contributed by atoms with Gasteiger partial charge in [0.15, 0.2) is 0 Å². The number of piperidine rings is 1. The topological polar surface area (TPSA) is 41.1 Å². The van der Waals surface area contributed by atoms with Crippen molar-refractivity contribution < 1.29 is 0 Å². The van der Waals surface area contributed by atoms with Crippen molar-refractivity contribution in [3.63, 3.8) is 0 Å². The summed E-state index contributed by atoms with van der Waals surface area (Å²) in [7, 11) is 0. The molecule has 0 atom stereocenters. The maximum absolute atomic E-state index is 4.54. The van der Waals surface area contributed by atoms with Gasteiger partial charge in [-0.2, -0.15) is 0 Å². The van der Waals surface area contributed by atoms with Gasteiger partial charge in [-0.1, -0.05) is 20.8 Å². The zero-order valence-corrected chi connectivity index (χ0v) is 11.7. The Bertz CT molecular complexity index is 372. The van der Waals surface area contributed by atoms with Gasteiger partial charge in [0.05, 0.1) is 18.1 Å². The van der Waals surface area contributed by atoms with E-state index < -0.39 is 0 Å². The van der Waals surface area contributed by atoms with Gasteiger partial charge >= 0.3 is 0 Å². The van der Waals surface area contributed by atoms with Crippen molar-refractivity contribution in [2.45, 2.75) is 40.2 Å². The van der Waals surface area contributed by atoms with Gasteiger partial charge < -0.3 is 10.2 Å². The summed E-state index contributed by atoms with van der Waals surface area (Å²) in [4.78, 5) is 11.4. The Balaban J connectivity index is 2.00. The second kappa shape index (κ2) is 5.65. The van der Waals surface area contributed by atoms with Crippen molar-refractivity contribution >= 4 is 5.82 Å². The maximum Gasteiger partial charge on any atom is 0.147 e. The largest absolute Gasteiger partial charge is 0.355 e. The Kier molecular flexibility index (Phi) is 4.17. The molecule has 0 amide bonds. The molecule has 4 heteroatoms. The van der Waals surface area contributed by atoms with Crippen molar-refractivity contribution in [1.29, 1.82) is 0 Å². The van der Waals surface area contributed by atoms with Crippen molar-refractivity contribution in [3.8, 4) is 0 Å². The molecular formula is C14H24N4. The molecule has 18 heavy (non-hydrogen) atoms. The molecule has 1 saturated heterocycles. The van der Waals surface area contributed by atoms with Gasteiger partial charge in [-0.3, -0.25) is 4.98 Å². The van der Waals surface area contributed by atoms with Crippen LogP contribution < -0.4 is 10.2 Å². The first-order valence-corrected chi connectivity index (χ1v) is 6.87. The molecule has 0 aromatic carbocycles. The van der Waals surface area contributed by atoms with Crippen molar-refractivity contribution in [1.82, 2.24) is 15.3 Å². The molecule has 0 aliphatic carbocycles. The summed E-state index contributed by atoms with van der Waals surface area (Å²) in [5, 5.41) is 3.26. The van der Waals surface area contributed by atoms with Crippen LogP contribution in [0.15, 0.2) is 12.4 Å². The Morgan fingerprint density at radius 3 is 2.78 bits per heavy atom. The number of aromatic nitrogens is 2. The molecule has 100 valence electrons. The van der Waals surface area contributed by atoms with Crippen LogP contribution in [0.3, 0.4) is 0 Å². The highest BCUT2D eigenvalue weighted by molar-refractivity contribution is 5.36. The lowest BCUT2D eigenvalue weighted by Crippen LogP contribution is -2.40. The van der Waals surface area contributed by atoms with Crippen molar-refractivity contribution in [3.05, 3.63) is 18.1 Å². The van der Waals surface area contributed by atoms with Gasteiger partial charge in [-0.25, -0.2) is 4.98 Å². The third kappa shape index (κ3) is 3.42. The molecule has 0 bridgehead atoms. The average molecular weight is 248 g/mol. The standard InChI is InChI=1S/C14H24N4/c1-4-15-8-12-9-17-13(10-16-12)18-7-5-6-14(2,3)11-18/h9-10,15H,4-8,11H2,1-3H3. The Labute approximate surface area is 110 Å². The zero-order valence-electron chi connectivity index (χ0n) is 11.7. The minimum atomic E-state index is 0.391. The lowest BCUT2D eigenvalue weighted by atomic mass is 9.84. The van der Waals surface area contributed by atoms with E-state index >= 15 is 0 Å². The van der Waals surface area contributed by atoms with E-state index in [1.165, 1.54) is 12.8 Å². The van der Waals surface area contributed by atoms with Gasteiger partial charge in [-0.05, 0) is 24.8 Å². The van der Waals surface area contributed by atoms with Crippen LogP contribution in [0.1, 0.15) is 39.3 Å². The summed E-state index contributed by atoms with van der Waals surface area (Å²) in [5.74, 6) is 1.02. The van der Waals surface area contributed by atoms with Crippen molar-refractivity contribution in [2.75, 3.05) is 24.5 Å². The number of nitrogens with zero attached hydrogens (tertiary/aromatic N) is 3. The highest BCUT2D eigenvalue weighted by atomic mass is 15.2. The van der Waals surface area contributed by atoms with E-state index in [9.17, 15) is 0 Å². The summed E-state index contributed by atoms with van der Waals surface area (Å²) in [6.07, 6.45) is 6.34. The molecule has 2 heterocycles. The van der Waals surface area contributed by atoms with Crippen LogP contribution in [0, 0.1) is 5.41 Å². The van der Waals surface area contributed by atoms with Crippen LogP contribution in [-0.2, 0) is 6.54 Å². The molecule has 0 radical (unpaired) electrons. The molecule has 1 aliphatic heterocycles. The fourth-order valence-electron chi connectivity index (χ4n) is 2.47. The minimum Gasteiger partial charge on any atom is -0.355 e. The van der Waals surface area contributed by atoms with E-state index in [1.54, 1.807) is 0 Å². The molecule has 1 aliphatic rings. The molecule has 1 fully saturated rings. The predicted octanol–water partition coefficient (Wildman–Crippen LogP) is 2.21. The van der Waals surface area contributed by atoms with Crippen LogP contribution in [0.4, 0.5) is 5.82 Å². The van der Waals surface area contributed by atoms with E-state index in [2.05, 4.69) is 41.0 Å². The minimum absolute atomic E-state index is 0.391. The fraction of sp³-hybridized carbons (Fsp3) is 0.714. The van der Waals surface area contributed by atoms with Crippen LogP contribution in [0.5, 0.6) is 0 Å². The molecule has 0 saturated carbocycles. The molecule has 0 unspecified atom stereocenters. The summed E-state index contributed by atoms with van der Waals surface area (Å²) in [5.41, 5.74) is 1.40. The molecule has 1 aromatic heterocycles. The molecule has 4 nitrogen and oxygen atoms in total. The number of nitrogens with one attached hydrogen (secondary N) is 1. The number of rotatable bonds is 4. The quantitative estimate of drug-likeness (QED) is 0.887. The molecule has 1 N–H and O–H groups in total. The summed E-state index contributed by atoms with van der Waals surface area (Å²) >= 11 is 0. The first kappa shape index (κ1) is 13.3. The van der Waals surface area contributed by atoms with Gasteiger partial charge in [0.25, 0.3) is 0 Å². The molecular weight excluding hydrogens is 224 g/mol. The predicted molar refractivity (Wildman–Crippen MR) is 74.6 cm³/mol. The summed E-state index contributed by atoms with van der Waals surface area (Å²) < 4.78 is 0. The molecule has 1 aromatic rings. The van der Waals surface area contributed by atoms with Gasteiger partial charge in [0.2, 0.25) is 0 Å². The van der Waals surface area contributed by atoms with E-state index in [0.717, 1.165) is 37.7 Å². The number of hydrogen-bond acceptors (Lipinski definition) is 4. The van der Waals surface area contributed by atoms with Gasteiger partial charge in [0, 0.05) is 19.6 Å². The van der Waals surface area contributed by atoms with Gasteiger partial charge in [0.1, 0.15) is 5.82 Å². The third-order valence-electron chi connectivity index (χ3n) is 3.47. The van der Waals surface area contributed by atoms with Gasteiger partial charge in [-0.15, -0.1) is 0 Å². The van der Waals surface area contributed by atoms with Crippen LogP contribution >= 0.6 is 0 Å². The van der Waals surface area contributed by atoms with E-state index in [0.29, 0.717) is 5.41 Å². The Hall–Kier alpha value is -1.16. The average Bonchev–Trinajstić information content (AvgIpc) is 2.36. The first-order valence-electron chi connectivity index (χ1n) is 6.87. The van der Waals surface area contributed by atoms with Crippen LogP contribution in [0.2, 0.25) is 0 Å². The lowest BCUT2D eigenvalue weighted by molar-refractivity contribution is 0.292.